The van der Waals surface area contributed by atoms with Gasteiger partial charge in [0, 0.05) is 6.04 Å². The molecule has 1 heteroatoms. The van der Waals surface area contributed by atoms with E-state index in [4.69, 9.17) is 0 Å². The number of hydrogen-bond donors (Lipinski definition) is 1. The highest BCUT2D eigenvalue weighted by Crippen LogP contribution is 2.37. The van der Waals surface area contributed by atoms with Crippen LogP contribution < -0.4 is 5.32 Å². The minimum absolute atomic E-state index is 0.856. The molecule has 70 valence electrons. The van der Waals surface area contributed by atoms with Gasteiger partial charge in [-0.3, -0.25) is 0 Å². The van der Waals surface area contributed by atoms with Gasteiger partial charge in [0.15, 0.2) is 0 Å². The van der Waals surface area contributed by atoms with Gasteiger partial charge in [0.1, 0.15) is 0 Å². The summed E-state index contributed by atoms with van der Waals surface area (Å²) < 4.78 is 0. The zero-order chi connectivity index (χ0) is 8.55. The van der Waals surface area contributed by atoms with Crippen LogP contribution in [0.15, 0.2) is 0 Å². The largest absolute Gasteiger partial charge is 0.313 e. The van der Waals surface area contributed by atoms with Gasteiger partial charge >= 0.3 is 0 Å². The molecular formula is C11H21N. The maximum atomic E-state index is 3.69. The van der Waals surface area contributed by atoms with Gasteiger partial charge in [-0.25, -0.2) is 0 Å². The molecule has 1 aliphatic carbocycles. The van der Waals surface area contributed by atoms with Crippen molar-refractivity contribution in [3.63, 3.8) is 0 Å². The van der Waals surface area contributed by atoms with Crippen molar-refractivity contribution in [3.05, 3.63) is 0 Å². The lowest BCUT2D eigenvalue weighted by Gasteiger charge is -2.43. The van der Waals surface area contributed by atoms with Gasteiger partial charge in [-0.05, 0) is 50.0 Å². The zero-order valence-corrected chi connectivity index (χ0v) is 8.34. The van der Waals surface area contributed by atoms with Crippen LogP contribution in [0.4, 0.5) is 0 Å². The normalized spacial score (nSPS) is 48.5. The molecule has 1 saturated carbocycles. The average molecular weight is 167 g/mol. The van der Waals surface area contributed by atoms with Crippen LogP contribution in [-0.4, -0.2) is 12.6 Å². The van der Waals surface area contributed by atoms with Gasteiger partial charge in [0.25, 0.3) is 0 Å². The molecule has 0 aromatic rings. The molecule has 2 fully saturated rings. The molecule has 0 aromatic carbocycles. The van der Waals surface area contributed by atoms with Crippen molar-refractivity contribution in [1.29, 1.82) is 0 Å². The average Bonchev–Trinajstić information content (AvgIpc) is 2.04. The van der Waals surface area contributed by atoms with E-state index in [9.17, 15) is 0 Å². The maximum absolute atomic E-state index is 3.69. The second-order valence-electron chi connectivity index (χ2n) is 4.94. The first kappa shape index (κ1) is 8.55. The molecule has 0 aromatic heterocycles. The van der Waals surface area contributed by atoms with E-state index in [0.29, 0.717) is 0 Å². The van der Waals surface area contributed by atoms with Crippen molar-refractivity contribution in [1.82, 2.24) is 5.32 Å². The van der Waals surface area contributed by atoms with Gasteiger partial charge in [-0.2, -0.15) is 0 Å². The molecule has 1 N–H and O–H groups in total. The third-order valence-electron chi connectivity index (χ3n) is 3.73. The van der Waals surface area contributed by atoms with Gasteiger partial charge < -0.3 is 5.32 Å². The number of fused-ring (bicyclic) bond motifs is 1. The van der Waals surface area contributed by atoms with Gasteiger partial charge in [0.2, 0.25) is 0 Å². The molecule has 1 heterocycles. The number of hydrogen-bond acceptors (Lipinski definition) is 1. The summed E-state index contributed by atoms with van der Waals surface area (Å²) in [5.74, 6) is 2.89. The molecule has 0 spiro atoms. The lowest BCUT2D eigenvalue weighted by molar-refractivity contribution is 0.121. The molecule has 2 aliphatic rings. The summed E-state index contributed by atoms with van der Waals surface area (Å²) in [5, 5.41) is 3.69. The molecule has 0 amide bonds. The smallest absolute Gasteiger partial charge is 0.0121 e. The zero-order valence-electron chi connectivity index (χ0n) is 8.34. The number of rotatable bonds is 0. The predicted molar refractivity (Wildman–Crippen MR) is 52.1 cm³/mol. The van der Waals surface area contributed by atoms with Crippen LogP contribution in [0, 0.1) is 17.8 Å². The van der Waals surface area contributed by atoms with Crippen LogP contribution in [0.2, 0.25) is 0 Å². The molecule has 1 nitrogen and oxygen atoms in total. The van der Waals surface area contributed by atoms with E-state index >= 15 is 0 Å². The Kier molecular flexibility index (Phi) is 2.40. The minimum Gasteiger partial charge on any atom is -0.313 e. The van der Waals surface area contributed by atoms with E-state index in [1.54, 1.807) is 0 Å². The highest BCUT2D eigenvalue weighted by Gasteiger charge is 2.34. The van der Waals surface area contributed by atoms with E-state index in [0.717, 1.165) is 23.8 Å². The van der Waals surface area contributed by atoms with Crippen LogP contribution in [0.25, 0.3) is 0 Å². The second kappa shape index (κ2) is 3.37. The topological polar surface area (TPSA) is 12.0 Å². The standard InChI is InChI=1S/C11H21N/c1-8-6-9(2)11-10(7-8)4-3-5-12-11/h8-12H,3-7H2,1-2H3. The number of piperidine rings is 1. The van der Waals surface area contributed by atoms with Crippen LogP contribution >= 0.6 is 0 Å². The molecule has 0 radical (unpaired) electrons. The van der Waals surface area contributed by atoms with Crippen molar-refractivity contribution < 1.29 is 0 Å². The Morgan fingerprint density at radius 2 is 2.00 bits per heavy atom. The first-order chi connectivity index (χ1) is 5.77. The first-order valence-corrected chi connectivity index (χ1v) is 5.50. The maximum Gasteiger partial charge on any atom is 0.0121 e. The fraction of sp³-hybridized carbons (Fsp3) is 1.00. The van der Waals surface area contributed by atoms with Crippen molar-refractivity contribution in [2.75, 3.05) is 6.54 Å². The molecular weight excluding hydrogens is 146 g/mol. The second-order valence-corrected chi connectivity index (χ2v) is 4.94. The highest BCUT2D eigenvalue weighted by atomic mass is 14.9. The molecule has 4 unspecified atom stereocenters. The molecule has 1 aliphatic heterocycles. The molecule has 12 heavy (non-hydrogen) atoms. The van der Waals surface area contributed by atoms with E-state index in [-0.39, 0.29) is 0 Å². The third-order valence-corrected chi connectivity index (χ3v) is 3.73. The minimum atomic E-state index is 0.856. The Morgan fingerprint density at radius 3 is 2.83 bits per heavy atom. The van der Waals surface area contributed by atoms with Crippen molar-refractivity contribution in [2.45, 2.75) is 45.6 Å². The Morgan fingerprint density at radius 1 is 1.17 bits per heavy atom. The summed E-state index contributed by atoms with van der Waals surface area (Å²) in [6, 6.07) is 0.856. The van der Waals surface area contributed by atoms with Crippen molar-refractivity contribution in [2.24, 2.45) is 17.8 Å². The fourth-order valence-corrected chi connectivity index (χ4v) is 3.30. The summed E-state index contributed by atoms with van der Waals surface area (Å²) in [4.78, 5) is 0. The Hall–Kier alpha value is -0.0400. The van der Waals surface area contributed by atoms with Gasteiger partial charge in [-0.1, -0.05) is 13.8 Å². The van der Waals surface area contributed by atoms with Crippen LogP contribution in [-0.2, 0) is 0 Å². The van der Waals surface area contributed by atoms with Gasteiger partial charge in [0.05, 0.1) is 0 Å². The summed E-state index contributed by atoms with van der Waals surface area (Å²) in [6.45, 7) is 6.10. The third kappa shape index (κ3) is 1.52. The summed E-state index contributed by atoms with van der Waals surface area (Å²) in [6.07, 6.45) is 5.79. The predicted octanol–water partition coefficient (Wildman–Crippen LogP) is 2.42. The Labute approximate surface area is 75.9 Å². The van der Waals surface area contributed by atoms with E-state index in [1.807, 2.05) is 0 Å². The highest BCUT2D eigenvalue weighted by molar-refractivity contribution is 4.90. The summed E-state index contributed by atoms with van der Waals surface area (Å²) in [5.41, 5.74) is 0. The van der Waals surface area contributed by atoms with E-state index in [2.05, 4.69) is 19.2 Å². The fourth-order valence-electron chi connectivity index (χ4n) is 3.30. The van der Waals surface area contributed by atoms with Crippen molar-refractivity contribution >= 4 is 0 Å². The molecule has 2 rings (SSSR count). The Balaban J connectivity index is 2.01. The van der Waals surface area contributed by atoms with Crippen LogP contribution in [0.3, 0.4) is 0 Å². The lowest BCUT2D eigenvalue weighted by Crippen LogP contribution is -2.49. The monoisotopic (exact) mass is 167 g/mol. The van der Waals surface area contributed by atoms with Crippen LogP contribution in [0.5, 0.6) is 0 Å². The quantitative estimate of drug-likeness (QED) is 0.584. The van der Waals surface area contributed by atoms with Gasteiger partial charge in [-0.15, -0.1) is 0 Å². The van der Waals surface area contributed by atoms with E-state index < -0.39 is 0 Å². The Bertz CT molecular complexity index is 155. The first-order valence-electron chi connectivity index (χ1n) is 5.50. The number of nitrogens with one attached hydrogen (secondary N) is 1. The van der Waals surface area contributed by atoms with Crippen LogP contribution in [0.1, 0.15) is 39.5 Å². The molecule has 4 atom stereocenters. The summed E-state index contributed by atoms with van der Waals surface area (Å²) >= 11 is 0. The SMILES string of the molecule is CC1CC(C)C2NCCCC2C1. The van der Waals surface area contributed by atoms with Crippen molar-refractivity contribution in [3.8, 4) is 0 Å². The molecule has 0 bridgehead atoms. The van der Waals surface area contributed by atoms with E-state index in [1.165, 1.54) is 32.2 Å². The molecule has 1 saturated heterocycles. The lowest BCUT2D eigenvalue weighted by atomic mass is 9.70. The summed E-state index contributed by atoms with van der Waals surface area (Å²) in [7, 11) is 0.